The Morgan fingerprint density at radius 2 is 2.19 bits per heavy atom. The van der Waals surface area contributed by atoms with E-state index in [2.05, 4.69) is 6.58 Å². The molecule has 0 amide bonds. The van der Waals surface area contributed by atoms with Crippen molar-refractivity contribution in [2.45, 2.75) is 50.7 Å². The Balaban J connectivity index is 0.000000187. The van der Waals surface area contributed by atoms with Crippen LogP contribution >= 0.6 is 0 Å². The average molecular weight is 228 g/mol. The number of carboxylic acids is 1. The summed E-state index contributed by atoms with van der Waals surface area (Å²) in [7, 11) is 0. The summed E-state index contributed by atoms with van der Waals surface area (Å²) in [5, 5.41) is 16.6. The molecule has 2 unspecified atom stereocenters. The van der Waals surface area contributed by atoms with E-state index in [1.807, 2.05) is 0 Å². The zero-order valence-electron chi connectivity index (χ0n) is 9.74. The molecule has 2 N–H and O–H groups in total. The van der Waals surface area contributed by atoms with Crippen LogP contribution in [0.15, 0.2) is 12.2 Å². The third-order valence-corrected chi connectivity index (χ3v) is 3.12. The third-order valence-electron chi connectivity index (χ3n) is 3.12. The second-order valence-corrected chi connectivity index (χ2v) is 4.48. The summed E-state index contributed by atoms with van der Waals surface area (Å²) in [4.78, 5) is 9.60. The Hall–Kier alpha value is -0.870. The van der Waals surface area contributed by atoms with Gasteiger partial charge in [0, 0.05) is 18.6 Å². The molecule has 2 atom stereocenters. The van der Waals surface area contributed by atoms with Crippen LogP contribution in [0, 0.1) is 0 Å². The van der Waals surface area contributed by atoms with Crippen molar-refractivity contribution >= 4 is 5.97 Å². The first-order chi connectivity index (χ1) is 7.52. The van der Waals surface area contributed by atoms with Crippen LogP contribution in [0.5, 0.6) is 0 Å². The minimum atomic E-state index is -0.935. The quantitative estimate of drug-likeness (QED) is 0.570. The maximum absolute atomic E-state index is 9.60. The van der Waals surface area contributed by atoms with Gasteiger partial charge in [0.1, 0.15) is 0 Å². The fraction of sp³-hybridized carbons (Fsp3) is 0.750. The van der Waals surface area contributed by atoms with Crippen LogP contribution in [0.25, 0.3) is 0 Å². The molecule has 1 saturated carbocycles. The van der Waals surface area contributed by atoms with Gasteiger partial charge in [-0.05, 0) is 19.8 Å². The van der Waals surface area contributed by atoms with Gasteiger partial charge < -0.3 is 14.9 Å². The molecule has 2 rings (SSSR count). The summed E-state index contributed by atoms with van der Waals surface area (Å²) in [6.07, 6.45) is 6.37. The highest BCUT2D eigenvalue weighted by Gasteiger charge is 2.56. The predicted molar refractivity (Wildman–Crippen MR) is 60.2 cm³/mol. The van der Waals surface area contributed by atoms with Crippen LogP contribution in [-0.2, 0) is 9.53 Å². The van der Waals surface area contributed by atoms with Gasteiger partial charge in [-0.25, -0.2) is 4.79 Å². The lowest BCUT2D eigenvalue weighted by Crippen LogP contribution is -2.20. The topological polar surface area (TPSA) is 70.1 Å². The monoisotopic (exact) mass is 228 g/mol. The number of aliphatic carboxylic acids is 1. The highest BCUT2D eigenvalue weighted by Crippen LogP contribution is 2.49. The molecule has 0 bridgehead atoms. The number of rotatable bonds is 3. The van der Waals surface area contributed by atoms with E-state index in [0.717, 1.165) is 6.42 Å². The van der Waals surface area contributed by atoms with Crippen molar-refractivity contribution in [3.8, 4) is 0 Å². The molecule has 1 aliphatic carbocycles. The molecule has 2 fully saturated rings. The van der Waals surface area contributed by atoms with E-state index in [9.17, 15) is 4.79 Å². The molecule has 4 heteroatoms. The Bertz CT molecular complexity index is 258. The Morgan fingerprint density at radius 1 is 1.56 bits per heavy atom. The first kappa shape index (κ1) is 13.2. The first-order valence-corrected chi connectivity index (χ1v) is 5.69. The van der Waals surface area contributed by atoms with E-state index >= 15 is 0 Å². The number of aliphatic hydroxyl groups excluding tert-OH is 1. The van der Waals surface area contributed by atoms with Gasteiger partial charge in [0.15, 0.2) is 0 Å². The average Bonchev–Trinajstić information content (AvgIpc) is 2.93. The molecule has 1 saturated heterocycles. The molecule has 1 heterocycles. The minimum absolute atomic E-state index is 0.146. The summed E-state index contributed by atoms with van der Waals surface area (Å²) in [6, 6.07) is 0. The fourth-order valence-corrected chi connectivity index (χ4v) is 2.08. The van der Waals surface area contributed by atoms with Gasteiger partial charge in [0.2, 0.25) is 0 Å². The summed E-state index contributed by atoms with van der Waals surface area (Å²) in [6.45, 7) is 4.89. The third kappa shape index (κ3) is 3.32. The van der Waals surface area contributed by atoms with Crippen molar-refractivity contribution in [2.24, 2.45) is 0 Å². The van der Waals surface area contributed by atoms with Gasteiger partial charge in [-0.3, -0.25) is 0 Å². The van der Waals surface area contributed by atoms with Crippen LogP contribution in [0.3, 0.4) is 0 Å². The number of fused-ring (bicyclic) bond motifs is 1. The predicted octanol–water partition coefficient (Wildman–Crippen LogP) is 1.73. The second kappa shape index (κ2) is 5.46. The number of carboxylic acid groups (broad SMARTS) is 1. The Morgan fingerprint density at radius 3 is 2.62 bits per heavy atom. The van der Waals surface area contributed by atoms with Gasteiger partial charge in [0.05, 0.1) is 11.7 Å². The van der Waals surface area contributed by atoms with Crippen LogP contribution < -0.4 is 0 Å². The second-order valence-electron chi connectivity index (χ2n) is 4.48. The smallest absolute Gasteiger partial charge is 0.330 e. The van der Waals surface area contributed by atoms with Crippen molar-refractivity contribution in [1.29, 1.82) is 0 Å². The largest absolute Gasteiger partial charge is 0.478 e. The van der Waals surface area contributed by atoms with Gasteiger partial charge >= 0.3 is 5.97 Å². The number of hydrogen-bond donors (Lipinski definition) is 2. The fourth-order valence-electron chi connectivity index (χ4n) is 2.08. The van der Waals surface area contributed by atoms with Crippen molar-refractivity contribution < 1.29 is 19.7 Å². The highest BCUT2D eigenvalue weighted by molar-refractivity contribution is 5.84. The van der Waals surface area contributed by atoms with Crippen molar-refractivity contribution in [3.63, 3.8) is 0 Å². The molecule has 16 heavy (non-hydrogen) atoms. The highest BCUT2D eigenvalue weighted by atomic mass is 16.6. The SMILES string of the molecule is C=C(C)C(=O)O.OCCC12CCCCC1O2. The molecule has 2 aliphatic rings. The molecule has 0 aromatic carbocycles. The molecule has 0 aromatic rings. The maximum Gasteiger partial charge on any atom is 0.330 e. The van der Waals surface area contributed by atoms with Gasteiger partial charge in [-0.15, -0.1) is 0 Å². The Labute approximate surface area is 95.9 Å². The van der Waals surface area contributed by atoms with Crippen molar-refractivity contribution in [3.05, 3.63) is 12.2 Å². The molecule has 4 nitrogen and oxygen atoms in total. The summed E-state index contributed by atoms with van der Waals surface area (Å²) >= 11 is 0. The molecule has 1 aliphatic heterocycles. The number of hydrogen-bond acceptors (Lipinski definition) is 3. The van der Waals surface area contributed by atoms with Gasteiger partial charge in [0.25, 0.3) is 0 Å². The van der Waals surface area contributed by atoms with E-state index in [4.69, 9.17) is 14.9 Å². The molecular formula is C12H20O4. The number of aliphatic hydroxyl groups is 1. The lowest BCUT2D eigenvalue weighted by Gasteiger charge is -2.14. The molecule has 0 radical (unpaired) electrons. The zero-order valence-corrected chi connectivity index (χ0v) is 9.74. The van der Waals surface area contributed by atoms with Crippen LogP contribution in [0.1, 0.15) is 39.0 Å². The van der Waals surface area contributed by atoms with Gasteiger partial charge in [-0.2, -0.15) is 0 Å². The summed E-state index contributed by atoms with van der Waals surface area (Å²) < 4.78 is 5.55. The lowest BCUT2D eigenvalue weighted by molar-refractivity contribution is -0.132. The molecule has 92 valence electrons. The van der Waals surface area contributed by atoms with E-state index < -0.39 is 5.97 Å². The molecule has 0 aromatic heterocycles. The molecule has 0 spiro atoms. The normalized spacial score (nSPS) is 30.8. The van der Waals surface area contributed by atoms with Crippen LogP contribution in [0.4, 0.5) is 0 Å². The summed E-state index contributed by atoms with van der Waals surface area (Å²) in [5.74, 6) is -0.935. The van der Waals surface area contributed by atoms with E-state index in [1.54, 1.807) is 0 Å². The van der Waals surface area contributed by atoms with E-state index in [-0.39, 0.29) is 17.8 Å². The Kier molecular flexibility index (Phi) is 4.50. The van der Waals surface area contributed by atoms with Crippen LogP contribution in [-0.4, -0.2) is 34.5 Å². The summed E-state index contributed by atoms with van der Waals surface area (Å²) in [5.41, 5.74) is 0.322. The van der Waals surface area contributed by atoms with E-state index in [0.29, 0.717) is 6.10 Å². The minimum Gasteiger partial charge on any atom is -0.478 e. The maximum atomic E-state index is 9.60. The van der Waals surface area contributed by atoms with Crippen molar-refractivity contribution in [2.75, 3.05) is 6.61 Å². The van der Waals surface area contributed by atoms with E-state index in [1.165, 1.54) is 32.6 Å². The van der Waals surface area contributed by atoms with Gasteiger partial charge in [-0.1, -0.05) is 19.4 Å². The molecular weight excluding hydrogens is 208 g/mol. The number of carbonyl (C=O) groups is 1. The number of ether oxygens (including phenoxy) is 1. The standard InChI is InChI=1S/C8H14O2.C4H6O2/c9-6-5-8-4-2-1-3-7(8)10-8;1-3(2)4(5)6/h7,9H,1-6H2;1H2,2H3,(H,5,6). The lowest BCUT2D eigenvalue weighted by atomic mass is 9.87. The number of epoxide rings is 1. The van der Waals surface area contributed by atoms with Crippen LogP contribution in [0.2, 0.25) is 0 Å². The first-order valence-electron chi connectivity index (χ1n) is 5.69. The zero-order chi connectivity index (χ0) is 12.2. The van der Waals surface area contributed by atoms with Crippen molar-refractivity contribution in [1.82, 2.24) is 0 Å².